The average Bonchev–Trinajstić information content (AvgIpc) is 1.94. The van der Waals surface area contributed by atoms with Gasteiger partial charge >= 0.3 is 5.97 Å². The molecule has 0 fully saturated rings. The van der Waals surface area contributed by atoms with E-state index in [1.165, 1.54) is 0 Å². The molecule has 5 nitrogen and oxygen atoms in total. The third-order valence-corrected chi connectivity index (χ3v) is 1.000. The normalized spacial score (nSPS) is 10.7. The lowest BCUT2D eigenvalue weighted by Gasteiger charge is -2.19. The lowest BCUT2D eigenvalue weighted by atomic mass is 10.2. The van der Waals surface area contributed by atoms with Gasteiger partial charge in [-0.3, -0.25) is 14.9 Å². The van der Waals surface area contributed by atoms with Crippen LogP contribution in [0.25, 0.3) is 0 Å². The van der Waals surface area contributed by atoms with Gasteiger partial charge in [0.05, 0.1) is 13.2 Å². The molecule has 2 N–H and O–H groups in total. The number of ether oxygens (including phenoxy) is 1. The highest BCUT2D eigenvalue weighted by Gasteiger charge is 2.15. The van der Waals surface area contributed by atoms with Crippen LogP contribution in [-0.2, 0) is 14.3 Å². The summed E-state index contributed by atoms with van der Waals surface area (Å²) in [5.74, 6) is -0.333. The Bertz CT molecular complexity index is 175. The number of hydrogen-bond acceptors (Lipinski definition) is 4. The third kappa shape index (κ3) is 8.81. The van der Waals surface area contributed by atoms with Gasteiger partial charge < -0.3 is 10.1 Å². The van der Waals surface area contributed by atoms with Gasteiger partial charge in [-0.05, 0) is 20.8 Å². The summed E-state index contributed by atoms with van der Waals surface area (Å²) in [6, 6.07) is 0. The van der Waals surface area contributed by atoms with Crippen LogP contribution in [0.4, 0.5) is 0 Å². The van der Waals surface area contributed by atoms with Crippen molar-refractivity contribution in [1.82, 2.24) is 10.6 Å². The monoisotopic (exact) mass is 188 g/mol. The van der Waals surface area contributed by atoms with Crippen molar-refractivity contribution < 1.29 is 14.3 Å². The second kappa shape index (κ2) is 5.53. The number of carbonyl (C=O) groups excluding carboxylic acids is 2. The van der Waals surface area contributed by atoms with Gasteiger partial charge in [0.2, 0.25) is 6.41 Å². The van der Waals surface area contributed by atoms with E-state index >= 15 is 0 Å². The Morgan fingerprint density at radius 2 is 2.08 bits per heavy atom. The van der Waals surface area contributed by atoms with E-state index in [1.807, 2.05) is 0 Å². The number of carbonyl (C=O) groups is 2. The molecule has 0 atom stereocenters. The molecule has 0 aromatic heterocycles. The minimum atomic E-state index is -0.461. The summed E-state index contributed by atoms with van der Waals surface area (Å²) in [4.78, 5) is 20.8. The van der Waals surface area contributed by atoms with Crippen molar-refractivity contribution in [3.63, 3.8) is 0 Å². The van der Waals surface area contributed by atoms with Crippen LogP contribution in [0.1, 0.15) is 20.8 Å². The van der Waals surface area contributed by atoms with E-state index in [4.69, 9.17) is 4.74 Å². The number of hydrogen-bond donors (Lipinski definition) is 2. The first-order chi connectivity index (χ1) is 5.95. The smallest absolute Gasteiger partial charge is 0.320 e. The fraction of sp³-hybridized carbons (Fsp3) is 0.750. The van der Waals surface area contributed by atoms with E-state index < -0.39 is 5.60 Å². The van der Waals surface area contributed by atoms with Gasteiger partial charge in [0.25, 0.3) is 0 Å². The van der Waals surface area contributed by atoms with Crippen molar-refractivity contribution in [2.45, 2.75) is 26.4 Å². The molecule has 13 heavy (non-hydrogen) atoms. The molecular weight excluding hydrogens is 172 g/mol. The van der Waals surface area contributed by atoms with Crippen LogP contribution in [-0.4, -0.2) is 31.2 Å². The Morgan fingerprint density at radius 1 is 1.46 bits per heavy atom. The van der Waals surface area contributed by atoms with E-state index in [-0.39, 0.29) is 19.2 Å². The van der Waals surface area contributed by atoms with E-state index in [2.05, 4.69) is 10.6 Å². The maximum atomic E-state index is 11.0. The van der Waals surface area contributed by atoms with Crippen molar-refractivity contribution in [3.8, 4) is 0 Å². The Hall–Kier alpha value is -1.10. The van der Waals surface area contributed by atoms with E-state index in [9.17, 15) is 9.59 Å². The van der Waals surface area contributed by atoms with Crippen LogP contribution in [0.5, 0.6) is 0 Å². The Kier molecular flexibility index (Phi) is 5.06. The minimum absolute atomic E-state index is 0.0953. The molecular formula is C8H16N2O3. The van der Waals surface area contributed by atoms with Gasteiger partial charge in [0, 0.05) is 0 Å². The summed E-state index contributed by atoms with van der Waals surface area (Å²) in [5.41, 5.74) is -0.461. The summed E-state index contributed by atoms with van der Waals surface area (Å²) < 4.78 is 5.00. The molecule has 5 heteroatoms. The van der Waals surface area contributed by atoms with Crippen molar-refractivity contribution in [3.05, 3.63) is 0 Å². The van der Waals surface area contributed by atoms with Crippen LogP contribution in [0.3, 0.4) is 0 Å². The number of esters is 1. The maximum absolute atomic E-state index is 11.0. The van der Waals surface area contributed by atoms with Gasteiger partial charge in [-0.15, -0.1) is 0 Å². The summed E-state index contributed by atoms with van der Waals surface area (Å²) in [6.45, 7) is 5.76. The van der Waals surface area contributed by atoms with E-state index in [1.54, 1.807) is 20.8 Å². The molecule has 1 amide bonds. The first-order valence-electron chi connectivity index (χ1n) is 4.05. The molecule has 0 rings (SSSR count). The van der Waals surface area contributed by atoms with Gasteiger partial charge in [-0.1, -0.05) is 0 Å². The molecule has 0 unspecified atom stereocenters. The maximum Gasteiger partial charge on any atom is 0.320 e. The van der Waals surface area contributed by atoms with E-state index in [0.717, 1.165) is 0 Å². The Labute approximate surface area is 77.8 Å². The van der Waals surface area contributed by atoms with Crippen LogP contribution < -0.4 is 10.6 Å². The molecule has 0 bridgehead atoms. The lowest BCUT2D eigenvalue weighted by molar-refractivity contribution is -0.153. The summed E-state index contributed by atoms with van der Waals surface area (Å²) in [6.07, 6.45) is 0.558. The number of amides is 1. The number of nitrogens with one attached hydrogen (secondary N) is 2. The fourth-order valence-corrected chi connectivity index (χ4v) is 0.656. The van der Waals surface area contributed by atoms with Crippen LogP contribution in [0, 0.1) is 0 Å². The van der Waals surface area contributed by atoms with Gasteiger partial charge in [-0.2, -0.15) is 0 Å². The Balaban J connectivity index is 3.47. The molecule has 0 aromatic carbocycles. The standard InChI is InChI=1S/C8H16N2O3/c1-8(2,3)13-7(12)4-9-5-10-6-11/h6,9H,4-5H2,1-3H3,(H,10,11). The predicted octanol–water partition coefficient (Wildman–Crippen LogP) is -0.379. The highest BCUT2D eigenvalue weighted by Crippen LogP contribution is 2.05. The second-order valence-electron chi connectivity index (χ2n) is 3.51. The quantitative estimate of drug-likeness (QED) is 0.267. The molecule has 0 aliphatic heterocycles. The van der Waals surface area contributed by atoms with Crippen molar-refractivity contribution >= 4 is 12.4 Å². The molecule has 0 aromatic rings. The first kappa shape index (κ1) is 11.9. The van der Waals surface area contributed by atoms with Gasteiger partial charge in [-0.25, -0.2) is 0 Å². The van der Waals surface area contributed by atoms with Crippen LogP contribution in [0.15, 0.2) is 0 Å². The third-order valence-electron chi connectivity index (χ3n) is 1.000. The zero-order chi connectivity index (χ0) is 10.3. The highest BCUT2D eigenvalue weighted by molar-refractivity contribution is 5.72. The largest absolute Gasteiger partial charge is 0.459 e. The predicted molar refractivity (Wildman–Crippen MR) is 47.9 cm³/mol. The lowest BCUT2D eigenvalue weighted by Crippen LogP contribution is -2.35. The first-order valence-corrected chi connectivity index (χ1v) is 4.05. The molecule has 0 radical (unpaired) electrons. The summed E-state index contributed by atoms with van der Waals surface area (Å²) in [5, 5.41) is 5.06. The molecule has 0 saturated carbocycles. The fourth-order valence-electron chi connectivity index (χ4n) is 0.656. The van der Waals surface area contributed by atoms with Crippen LogP contribution >= 0.6 is 0 Å². The molecule has 0 heterocycles. The number of rotatable bonds is 5. The molecule has 0 saturated heterocycles. The topological polar surface area (TPSA) is 67.4 Å². The summed E-state index contributed by atoms with van der Waals surface area (Å²) in [7, 11) is 0. The molecule has 0 aliphatic carbocycles. The van der Waals surface area contributed by atoms with Crippen molar-refractivity contribution in [2.24, 2.45) is 0 Å². The Morgan fingerprint density at radius 3 is 2.54 bits per heavy atom. The van der Waals surface area contributed by atoms with Crippen molar-refractivity contribution in [2.75, 3.05) is 13.2 Å². The zero-order valence-corrected chi connectivity index (χ0v) is 8.22. The van der Waals surface area contributed by atoms with Crippen LogP contribution in [0.2, 0.25) is 0 Å². The minimum Gasteiger partial charge on any atom is -0.459 e. The van der Waals surface area contributed by atoms with Gasteiger partial charge in [0.15, 0.2) is 0 Å². The molecule has 0 aliphatic rings. The molecule has 0 spiro atoms. The SMILES string of the molecule is CC(C)(C)OC(=O)CNCNC=O. The summed E-state index contributed by atoms with van der Waals surface area (Å²) >= 11 is 0. The second-order valence-corrected chi connectivity index (χ2v) is 3.51. The molecule has 76 valence electrons. The average molecular weight is 188 g/mol. The van der Waals surface area contributed by atoms with Crippen molar-refractivity contribution in [1.29, 1.82) is 0 Å². The zero-order valence-electron chi connectivity index (χ0n) is 8.22. The van der Waals surface area contributed by atoms with E-state index in [0.29, 0.717) is 6.41 Å². The highest BCUT2D eigenvalue weighted by atomic mass is 16.6. The van der Waals surface area contributed by atoms with Gasteiger partial charge in [0.1, 0.15) is 5.60 Å².